The van der Waals surface area contributed by atoms with Crippen LogP contribution in [0.4, 0.5) is 5.95 Å². The molecule has 122 valence electrons. The highest BCUT2D eigenvalue weighted by molar-refractivity contribution is 5.93. The number of benzene rings is 1. The summed E-state index contributed by atoms with van der Waals surface area (Å²) in [4.78, 5) is 26.7. The van der Waals surface area contributed by atoms with E-state index < -0.39 is 0 Å². The van der Waals surface area contributed by atoms with Gasteiger partial charge in [-0.2, -0.15) is 4.98 Å². The number of rotatable bonds is 3. The minimum absolute atomic E-state index is 0.170. The van der Waals surface area contributed by atoms with Gasteiger partial charge in [-0.25, -0.2) is 4.98 Å². The van der Waals surface area contributed by atoms with Gasteiger partial charge in [-0.15, -0.1) is 0 Å². The Kier molecular flexibility index (Phi) is 3.65. The van der Waals surface area contributed by atoms with Crippen LogP contribution in [-0.4, -0.2) is 35.2 Å². The van der Waals surface area contributed by atoms with Crippen LogP contribution in [-0.2, 0) is 0 Å². The number of para-hydroxylation sites is 1. The molecule has 3 heterocycles. The number of fused-ring (bicyclic) bond motifs is 1. The first kappa shape index (κ1) is 14.7. The van der Waals surface area contributed by atoms with E-state index in [0.29, 0.717) is 22.7 Å². The Balaban J connectivity index is 1.93. The standard InChI is InChI=1S/C18H18N4O2/c1-24-14-7-3-2-6-12(14)13-8-9-19-16-15(13)17(23)21-18(20-16)22-10-4-5-11-22/h2-3,6-9H,4-5,10-11H2,1H3,(H,19,20,21,23). The molecule has 0 saturated carbocycles. The van der Waals surface area contributed by atoms with E-state index in [-0.39, 0.29) is 5.56 Å². The Bertz CT molecular complexity index is 945. The molecule has 6 heteroatoms. The summed E-state index contributed by atoms with van der Waals surface area (Å²) in [5.41, 5.74) is 1.92. The molecule has 1 aliphatic rings. The summed E-state index contributed by atoms with van der Waals surface area (Å²) in [6.07, 6.45) is 3.93. The van der Waals surface area contributed by atoms with E-state index in [1.807, 2.05) is 30.3 Å². The van der Waals surface area contributed by atoms with Gasteiger partial charge in [0.15, 0.2) is 5.65 Å². The van der Waals surface area contributed by atoms with Gasteiger partial charge >= 0.3 is 0 Å². The van der Waals surface area contributed by atoms with Crippen molar-refractivity contribution >= 4 is 17.0 Å². The molecule has 1 aromatic carbocycles. The summed E-state index contributed by atoms with van der Waals surface area (Å²) in [6, 6.07) is 9.46. The van der Waals surface area contributed by atoms with Crippen molar-refractivity contribution in [3.05, 3.63) is 46.9 Å². The number of methoxy groups -OCH3 is 1. The molecular formula is C18H18N4O2. The topological polar surface area (TPSA) is 71.1 Å². The lowest BCUT2D eigenvalue weighted by atomic mass is 10.0. The second kappa shape index (κ2) is 5.96. The molecule has 0 aliphatic carbocycles. The first-order valence-corrected chi connectivity index (χ1v) is 8.05. The van der Waals surface area contributed by atoms with E-state index in [2.05, 4.69) is 19.9 Å². The van der Waals surface area contributed by atoms with E-state index in [9.17, 15) is 4.79 Å². The highest BCUT2D eigenvalue weighted by Gasteiger charge is 2.18. The second-order valence-electron chi connectivity index (χ2n) is 5.84. The highest BCUT2D eigenvalue weighted by atomic mass is 16.5. The number of hydrogen-bond acceptors (Lipinski definition) is 5. The quantitative estimate of drug-likeness (QED) is 0.802. The zero-order valence-electron chi connectivity index (χ0n) is 13.5. The summed E-state index contributed by atoms with van der Waals surface area (Å²) in [5.74, 6) is 1.32. The monoisotopic (exact) mass is 322 g/mol. The largest absolute Gasteiger partial charge is 0.496 e. The molecule has 0 atom stereocenters. The van der Waals surface area contributed by atoms with E-state index >= 15 is 0 Å². The predicted octanol–water partition coefficient (Wildman–Crippen LogP) is 2.59. The fourth-order valence-electron chi connectivity index (χ4n) is 3.22. The molecule has 6 nitrogen and oxygen atoms in total. The number of hydrogen-bond donors (Lipinski definition) is 1. The number of nitrogens with zero attached hydrogens (tertiary/aromatic N) is 3. The van der Waals surface area contributed by atoms with Gasteiger partial charge in [0.1, 0.15) is 5.75 Å². The predicted molar refractivity (Wildman–Crippen MR) is 93.6 cm³/mol. The molecule has 0 unspecified atom stereocenters. The van der Waals surface area contributed by atoms with Crippen molar-refractivity contribution in [3.63, 3.8) is 0 Å². The Labute approximate surface area is 139 Å². The van der Waals surface area contributed by atoms with Crippen LogP contribution in [0.1, 0.15) is 12.8 Å². The van der Waals surface area contributed by atoms with E-state index in [4.69, 9.17) is 4.74 Å². The first-order chi connectivity index (χ1) is 11.8. The van der Waals surface area contributed by atoms with Crippen LogP contribution in [0.3, 0.4) is 0 Å². The molecule has 0 amide bonds. The third kappa shape index (κ3) is 2.40. The van der Waals surface area contributed by atoms with Crippen molar-refractivity contribution < 1.29 is 4.74 Å². The van der Waals surface area contributed by atoms with E-state index in [1.165, 1.54) is 0 Å². The van der Waals surface area contributed by atoms with Crippen LogP contribution in [0.25, 0.3) is 22.2 Å². The van der Waals surface area contributed by atoms with Gasteiger partial charge in [0, 0.05) is 30.4 Å². The van der Waals surface area contributed by atoms with Crippen LogP contribution in [0, 0.1) is 0 Å². The minimum Gasteiger partial charge on any atom is -0.496 e. The van der Waals surface area contributed by atoms with Gasteiger partial charge in [0.05, 0.1) is 12.5 Å². The summed E-state index contributed by atoms with van der Waals surface area (Å²) in [7, 11) is 1.62. The SMILES string of the molecule is COc1ccccc1-c1ccnc2nc(N3CCCC3)[nH]c(=O)c12. The molecule has 0 spiro atoms. The van der Waals surface area contributed by atoms with E-state index in [0.717, 1.165) is 37.1 Å². The van der Waals surface area contributed by atoms with Gasteiger partial charge in [0.2, 0.25) is 5.95 Å². The Morgan fingerprint density at radius 1 is 1.12 bits per heavy atom. The number of aromatic nitrogens is 3. The van der Waals surface area contributed by atoms with Gasteiger partial charge < -0.3 is 9.64 Å². The van der Waals surface area contributed by atoms with Crippen LogP contribution >= 0.6 is 0 Å². The van der Waals surface area contributed by atoms with Crippen LogP contribution < -0.4 is 15.2 Å². The van der Waals surface area contributed by atoms with Crippen LogP contribution in [0.2, 0.25) is 0 Å². The molecular weight excluding hydrogens is 304 g/mol. The smallest absolute Gasteiger partial charge is 0.262 e. The van der Waals surface area contributed by atoms with Gasteiger partial charge in [-0.3, -0.25) is 9.78 Å². The molecule has 3 aromatic rings. The first-order valence-electron chi connectivity index (χ1n) is 8.05. The molecule has 4 rings (SSSR count). The van der Waals surface area contributed by atoms with Gasteiger partial charge in [-0.05, 0) is 25.0 Å². The normalized spacial score (nSPS) is 14.3. The minimum atomic E-state index is -0.170. The van der Waals surface area contributed by atoms with Crippen molar-refractivity contribution in [2.75, 3.05) is 25.1 Å². The highest BCUT2D eigenvalue weighted by Crippen LogP contribution is 2.32. The van der Waals surface area contributed by atoms with Crippen molar-refractivity contribution in [3.8, 4) is 16.9 Å². The van der Waals surface area contributed by atoms with Crippen LogP contribution in [0.5, 0.6) is 5.75 Å². The van der Waals surface area contributed by atoms with Crippen LogP contribution in [0.15, 0.2) is 41.3 Å². The average Bonchev–Trinajstić information content (AvgIpc) is 3.15. The molecule has 1 fully saturated rings. The Morgan fingerprint density at radius 2 is 1.92 bits per heavy atom. The molecule has 1 saturated heterocycles. The number of pyridine rings is 1. The van der Waals surface area contributed by atoms with Gasteiger partial charge in [-0.1, -0.05) is 18.2 Å². The summed E-state index contributed by atoms with van der Waals surface area (Å²) < 4.78 is 5.43. The fourth-order valence-corrected chi connectivity index (χ4v) is 3.22. The zero-order valence-corrected chi connectivity index (χ0v) is 13.5. The zero-order chi connectivity index (χ0) is 16.5. The van der Waals surface area contributed by atoms with Gasteiger partial charge in [0.25, 0.3) is 5.56 Å². The number of H-pyrrole nitrogens is 1. The lowest BCUT2D eigenvalue weighted by Gasteiger charge is -2.16. The number of anilines is 1. The molecule has 2 aromatic heterocycles. The number of aromatic amines is 1. The molecule has 1 aliphatic heterocycles. The lowest BCUT2D eigenvalue weighted by Crippen LogP contribution is -2.24. The summed E-state index contributed by atoms with van der Waals surface area (Å²) >= 11 is 0. The van der Waals surface area contributed by atoms with Crippen molar-refractivity contribution in [1.29, 1.82) is 0 Å². The maximum absolute atomic E-state index is 12.7. The average molecular weight is 322 g/mol. The lowest BCUT2D eigenvalue weighted by molar-refractivity contribution is 0.416. The Morgan fingerprint density at radius 3 is 2.71 bits per heavy atom. The number of nitrogens with one attached hydrogen (secondary N) is 1. The molecule has 0 radical (unpaired) electrons. The summed E-state index contributed by atoms with van der Waals surface area (Å²) in [6.45, 7) is 1.83. The maximum Gasteiger partial charge on any atom is 0.262 e. The second-order valence-corrected chi connectivity index (χ2v) is 5.84. The fraction of sp³-hybridized carbons (Fsp3) is 0.278. The number of ether oxygens (including phenoxy) is 1. The van der Waals surface area contributed by atoms with Crippen molar-refractivity contribution in [2.45, 2.75) is 12.8 Å². The third-order valence-electron chi connectivity index (χ3n) is 4.40. The van der Waals surface area contributed by atoms with Crippen molar-refractivity contribution in [2.24, 2.45) is 0 Å². The Hall–Kier alpha value is -2.89. The van der Waals surface area contributed by atoms with Crippen molar-refractivity contribution in [1.82, 2.24) is 15.0 Å². The summed E-state index contributed by atoms with van der Waals surface area (Å²) in [5, 5.41) is 0.491. The molecule has 0 bridgehead atoms. The maximum atomic E-state index is 12.7. The molecule has 24 heavy (non-hydrogen) atoms. The third-order valence-corrected chi connectivity index (χ3v) is 4.40. The molecule has 1 N–H and O–H groups in total. The van der Waals surface area contributed by atoms with E-state index in [1.54, 1.807) is 13.3 Å².